The fourth-order valence-corrected chi connectivity index (χ4v) is 2.23. The molecule has 0 aliphatic heterocycles. The molecule has 116 valence electrons. The van der Waals surface area contributed by atoms with E-state index in [2.05, 4.69) is 11.4 Å². The third-order valence-electron chi connectivity index (χ3n) is 3.51. The number of ether oxygens (including phenoxy) is 1. The number of hydrogen-bond acceptors (Lipinski definition) is 2. The lowest BCUT2D eigenvalue weighted by atomic mass is 10.1. The van der Waals surface area contributed by atoms with E-state index in [1.165, 1.54) is 11.1 Å². The maximum atomic E-state index is 12.3. The predicted molar refractivity (Wildman–Crippen MR) is 88.9 cm³/mol. The Balaban J connectivity index is 1.92. The van der Waals surface area contributed by atoms with Crippen LogP contribution in [0, 0.1) is 13.8 Å². The zero-order valence-corrected chi connectivity index (χ0v) is 13.4. The first-order valence-electron chi connectivity index (χ1n) is 7.65. The average Bonchev–Trinajstić information content (AvgIpc) is 2.52. The first-order valence-corrected chi connectivity index (χ1v) is 7.65. The summed E-state index contributed by atoms with van der Waals surface area (Å²) >= 11 is 0. The van der Waals surface area contributed by atoms with Crippen LogP contribution in [-0.4, -0.2) is 12.0 Å². The fourth-order valence-electron chi connectivity index (χ4n) is 2.23. The molecule has 1 N–H and O–H groups in total. The molecule has 0 aliphatic carbocycles. The Morgan fingerprint density at radius 1 is 1.09 bits per heavy atom. The molecule has 2 aromatic rings. The predicted octanol–water partition coefficient (Wildman–Crippen LogP) is 3.78. The van der Waals surface area contributed by atoms with Gasteiger partial charge in [-0.25, -0.2) is 0 Å². The Morgan fingerprint density at radius 3 is 2.45 bits per heavy atom. The molecule has 22 heavy (non-hydrogen) atoms. The zero-order valence-electron chi connectivity index (χ0n) is 13.4. The maximum Gasteiger partial charge on any atom is 0.261 e. The van der Waals surface area contributed by atoms with Gasteiger partial charge in [0.25, 0.3) is 5.91 Å². The Bertz CT molecular complexity index is 620. The van der Waals surface area contributed by atoms with E-state index in [-0.39, 0.29) is 5.91 Å². The van der Waals surface area contributed by atoms with Crippen LogP contribution in [-0.2, 0) is 11.3 Å². The van der Waals surface area contributed by atoms with Gasteiger partial charge in [0.15, 0.2) is 6.10 Å². The highest BCUT2D eigenvalue weighted by molar-refractivity contribution is 5.81. The molecule has 1 atom stereocenters. The van der Waals surface area contributed by atoms with Crippen molar-refractivity contribution in [2.45, 2.75) is 39.8 Å². The van der Waals surface area contributed by atoms with Crippen LogP contribution < -0.4 is 10.1 Å². The standard InChI is InChI=1S/C19H23NO2/c1-4-18(22-17-10-8-14(2)9-11-17)19(21)20-13-16-7-5-6-15(3)12-16/h5-12,18H,4,13H2,1-3H3,(H,20,21)/t18-/m0/s1. The smallest absolute Gasteiger partial charge is 0.261 e. The second kappa shape index (κ2) is 7.64. The van der Waals surface area contributed by atoms with E-state index < -0.39 is 6.10 Å². The molecule has 0 radical (unpaired) electrons. The molecule has 0 bridgehead atoms. The Hall–Kier alpha value is -2.29. The van der Waals surface area contributed by atoms with Gasteiger partial charge in [0.1, 0.15) is 5.75 Å². The third-order valence-corrected chi connectivity index (χ3v) is 3.51. The van der Waals surface area contributed by atoms with Crippen molar-refractivity contribution >= 4 is 5.91 Å². The monoisotopic (exact) mass is 297 g/mol. The molecule has 3 heteroatoms. The number of rotatable bonds is 6. The zero-order chi connectivity index (χ0) is 15.9. The van der Waals surface area contributed by atoms with Crippen LogP contribution in [0.1, 0.15) is 30.0 Å². The van der Waals surface area contributed by atoms with Crippen molar-refractivity contribution in [1.29, 1.82) is 0 Å². The number of carbonyl (C=O) groups is 1. The van der Waals surface area contributed by atoms with Crippen molar-refractivity contribution in [3.05, 3.63) is 65.2 Å². The summed E-state index contributed by atoms with van der Waals surface area (Å²) in [4.78, 5) is 12.3. The Kier molecular flexibility index (Phi) is 5.59. The van der Waals surface area contributed by atoms with Gasteiger partial charge >= 0.3 is 0 Å². The van der Waals surface area contributed by atoms with E-state index in [0.29, 0.717) is 13.0 Å². The fraction of sp³-hybridized carbons (Fsp3) is 0.316. The third kappa shape index (κ3) is 4.62. The molecule has 0 heterocycles. The second-order valence-corrected chi connectivity index (χ2v) is 5.53. The molecule has 0 unspecified atom stereocenters. The maximum absolute atomic E-state index is 12.3. The normalized spacial score (nSPS) is 11.8. The molecule has 0 fully saturated rings. The second-order valence-electron chi connectivity index (χ2n) is 5.53. The molecule has 0 aliphatic rings. The minimum absolute atomic E-state index is 0.0791. The summed E-state index contributed by atoms with van der Waals surface area (Å²) in [5.41, 5.74) is 3.46. The van der Waals surface area contributed by atoms with E-state index in [9.17, 15) is 4.79 Å². The van der Waals surface area contributed by atoms with Crippen molar-refractivity contribution in [1.82, 2.24) is 5.32 Å². The van der Waals surface area contributed by atoms with E-state index >= 15 is 0 Å². The topological polar surface area (TPSA) is 38.3 Å². The van der Waals surface area contributed by atoms with Gasteiger partial charge in [0.2, 0.25) is 0 Å². The summed E-state index contributed by atoms with van der Waals surface area (Å²) in [7, 11) is 0. The number of carbonyl (C=O) groups excluding carboxylic acids is 1. The highest BCUT2D eigenvalue weighted by atomic mass is 16.5. The number of hydrogen-bond donors (Lipinski definition) is 1. The lowest BCUT2D eigenvalue weighted by molar-refractivity contribution is -0.128. The van der Waals surface area contributed by atoms with E-state index in [0.717, 1.165) is 11.3 Å². The van der Waals surface area contributed by atoms with Gasteiger partial charge in [-0.1, -0.05) is 54.4 Å². The Labute approximate surface area is 132 Å². The van der Waals surface area contributed by atoms with Crippen molar-refractivity contribution in [3.8, 4) is 5.75 Å². The van der Waals surface area contributed by atoms with Gasteiger partial charge in [0, 0.05) is 6.54 Å². The molecule has 3 nitrogen and oxygen atoms in total. The summed E-state index contributed by atoms with van der Waals surface area (Å²) < 4.78 is 5.78. The van der Waals surface area contributed by atoms with E-state index in [4.69, 9.17) is 4.74 Å². The number of benzene rings is 2. The van der Waals surface area contributed by atoms with Crippen LogP contribution in [0.5, 0.6) is 5.75 Å². The first kappa shape index (κ1) is 16.1. The van der Waals surface area contributed by atoms with Gasteiger partial charge in [0.05, 0.1) is 0 Å². The summed E-state index contributed by atoms with van der Waals surface area (Å²) in [6, 6.07) is 15.9. The molecule has 0 saturated heterocycles. The highest BCUT2D eigenvalue weighted by Gasteiger charge is 2.17. The Morgan fingerprint density at radius 2 is 1.82 bits per heavy atom. The van der Waals surface area contributed by atoms with Crippen LogP contribution in [0.3, 0.4) is 0 Å². The van der Waals surface area contributed by atoms with Gasteiger partial charge < -0.3 is 10.1 Å². The minimum Gasteiger partial charge on any atom is -0.481 e. The van der Waals surface area contributed by atoms with Crippen LogP contribution >= 0.6 is 0 Å². The molecular weight excluding hydrogens is 274 g/mol. The van der Waals surface area contributed by atoms with Crippen molar-refractivity contribution in [2.75, 3.05) is 0 Å². The van der Waals surface area contributed by atoms with Gasteiger partial charge in [-0.3, -0.25) is 4.79 Å². The van der Waals surface area contributed by atoms with Crippen molar-refractivity contribution in [2.24, 2.45) is 0 Å². The summed E-state index contributed by atoms with van der Waals surface area (Å²) in [6.07, 6.45) is 0.167. The lowest BCUT2D eigenvalue weighted by Crippen LogP contribution is -2.37. The number of amides is 1. The van der Waals surface area contributed by atoms with Crippen LogP contribution in [0.2, 0.25) is 0 Å². The summed E-state index contributed by atoms with van der Waals surface area (Å²) in [6.45, 7) is 6.54. The molecular formula is C19H23NO2. The molecule has 2 aromatic carbocycles. The first-order chi connectivity index (χ1) is 10.6. The van der Waals surface area contributed by atoms with Crippen LogP contribution in [0.15, 0.2) is 48.5 Å². The highest BCUT2D eigenvalue weighted by Crippen LogP contribution is 2.15. The lowest BCUT2D eigenvalue weighted by Gasteiger charge is -2.17. The van der Waals surface area contributed by atoms with Crippen molar-refractivity contribution < 1.29 is 9.53 Å². The van der Waals surface area contributed by atoms with E-state index in [1.54, 1.807) is 0 Å². The van der Waals surface area contributed by atoms with Crippen LogP contribution in [0.4, 0.5) is 0 Å². The summed E-state index contributed by atoms with van der Waals surface area (Å²) in [5.74, 6) is 0.646. The summed E-state index contributed by atoms with van der Waals surface area (Å²) in [5, 5.41) is 2.94. The number of nitrogens with one attached hydrogen (secondary N) is 1. The number of aryl methyl sites for hydroxylation is 2. The van der Waals surface area contributed by atoms with Crippen molar-refractivity contribution in [3.63, 3.8) is 0 Å². The molecule has 0 aromatic heterocycles. The van der Waals surface area contributed by atoms with E-state index in [1.807, 2.05) is 63.2 Å². The largest absolute Gasteiger partial charge is 0.481 e. The molecule has 0 spiro atoms. The van der Waals surface area contributed by atoms with Crippen LogP contribution in [0.25, 0.3) is 0 Å². The quantitative estimate of drug-likeness (QED) is 0.881. The average molecular weight is 297 g/mol. The molecule has 0 saturated carbocycles. The molecule has 2 rings (SSSR count). The van der Waals surface area contributed by atoms with Gasteiger partial charge in [-0.2, -0.15) is 0 Å². The van der Waals surface area contributed by atoms with Gasteiger partial charge in [-0.05, 0) is 38.0 Å². The minimum atomic E-state index is -0.465. The van der Waals surface area contributed by atoms with Gasteiger partial charge in [-0.15, -0.1) is 0 Å². The SMILES string of the molecule is CC[C@H](Oc1ccc(C)cc1)C(=O)NCc1cccc(C)c1. The molecule has 1 amide bonds.